The third-order valence-electron chi connectivity index (χ3n) is 3.55. The van der Waals surface area contributed by atoms with Gasteiger partial charge in [-0.05, 0) is 43.7 Å². The van der Waals surface area contributed by atoms with Gasteiger partial charge in [0.05, 0.1) is 4.90 Å². The van der Waals surface area contributed by atoms with E-state index < -0.39 is 27.3 Å². The highest BCUT2D eigenvalue weighted by Crippen LogP contribution is 2.29. The van der Waals surface area contributed by atoms with E-state index in [-0.39, 0.29) is 10.9 Å². The minimum absolute atomic E-state index is 0.130. The first-order valence-electron chi connectivity index (χ1n) is 6.45. The summed E-state index contributed by atoms with van der Waals surface area (Å²) in [7, 11) is -3.78. The van der Waals surface area contributed by atoms with Crippen molar-refractivity contribution >= 4 is 27.8 Å². The van der Waals surface area contributed by atoms with Crippen LogP contribution in [0, 0.1) is 0 Å². The van der Waals surface area contributed by atoms with Gasteiger partial charge in [-0.25, -0.2) is 17.9 Å². The van der Waals surface area contributed by atoms with Crippen molar-refractivity contribution in [2.75, 3.05) is 6.26 Å². The average molecular weight is 331 g/mol. The third kappa shape index (κ3) is 3.69. The summed E-state index contributed by atoms with van der Waals surface area (Å²) in [5, 5.41) is 18.8. The Bertz CT molecular complexity index is 644. The van der Waals surface area contributed by atoms with Crippen LogP contribution >= 0.6 is 11.8 Å². The highest BCUT2D eigenvalue weighted by atomic mass is 32.2. The van der Waals surface area contributed by atoms with Crippen LogP contribution in [0.15, 0.2) is 23.1 Å². The zero-order chi connectivity index (χ0) is 15.6. The van der Waals surface area contributed by atoms with Crippen LogP contribution in [0.1, 0.15) is 29.6 Å². The maximum Gasteiger partial charge on any atom is 0.339 e. The summed E-state index contributed by atoms with van der Waals surface area (Å²) in [6.07, 6.45) is 4.50. The highest BCUT2D eigenvalue weighted by molar-refractivity contribution is 7.99. The van der Waals surface area contributed by atoms with Gasteiger partial charge in [0.1, 0.15) is 11.3 Å². The molecule has 2 rings (SSSR count). The van der Waals surface area contributed by atoms with Crippen LogP contribution in [0.4, 0.5) is 0 Å². The lowest BCUT2D eigenvalue weighted by atomic mass is 10.2. The number of phenols is 1. The molecule has 3 N–H and O–H groups in total. The van der Waals surface area contributed by atoms with Crippen LogP contribution in [0.3, 0.4) is 0 Å². The van der Waals surface area contributed by atoms with E-state index in [2.05, 4.69) is 4.72 Å². The van der Waals surface area contributed by atoms with Crippen LogP contribution in [0.2, 0.25) is 0 Å². The molecule has 1 saturated carbocycles. The van der Waals surface area contributed by atoms with Gasteiger partial charge >= 0.3 is 5.97 Å². The second kappa shape index (κ2) is 6.25. The maximum absolute atomic E-state index is 12.3. The summed E-state index contributed by atoms with van der Waals surface area (Å²) in [5.41, 5.74) is -0.425. The number of carboxylic acids is 1. The van der Waals surface area contributed by atoms with E-state index >= 15 is 0 Å². The molecule has 6 nitrogen and oxygen atoms in total. The van der Waals surface area contributed by atoms with Crippen molar-refractivity contribution in [3.63, 3.8) is 0 Å². The van der Waals surface area contributed by atoms with Crippen LogP contribution in [-0.4, -0.2) is 42.1 Å². The molecule has 0 heterocycles. The van der Waals surface area contributed by atoms with Gasteiger partial charge in [0.25, 0.3) is 0 Å². The number of benzene rings is 1. The zero-order valence-corrected chi connectivity index (χ0v) is 13.1. The Kier molecular flexibility index (Phi) is 4.80. The quantitative estimate of drug-likeness (QED) is 0.758. The van der Waals surface area contributed by atoms with E-state index in [1.807, 2.05) is 6.26 Å². The van der Waals surface area contributed by atoms with Gasteiger partial charge in [-0.2, -0.15) is 11.8 Å². The molecule has 1 fully saturated rings. The molecule has 1 aliphatic rings. The molecule has 0 aliphatic heterocycles. The fraction of sp³-hybridized carbons (Fsp3) is 0.462. The van der Waals surface area contributed by atoms with Crippen molar-refractivity contribution < 1.29 is 23.4 Å². The van der Waals surface area contributed by atoms with Gasteiger partial charge in [-0.3, -0.25) is 0 Å². The lowest BCUT2D eigenvalue weighted by Gasteiger charge is -2.14. The molecule has 0 spiro atoms. The monoisotopic (exact) mass is 331 g/mol. The number of aromatic carboxylic acids is 1. The fourth-order valence-corrected chi connectivity index (χ4v) is 4.51. The third-order valence-corrected chi connectivity index (χ3v) is 6.16. The molecule has 0 radical (unpaired) electrons. The van der Waals surface area contributed by atoms with E-state index in [0.29, 0.717) is 5.25 Å². The van der Waals surface area contributed by atoms with Crippen molar-refractivity contribution in [2.24, 2.45) is 0 Å². The lowest BCUT2D eigenvalue weighted by molar-refractivity contribution is 0.0693. The van der Waals surface area contributed by atoms with Crippen molar-refractivity contribution in [1.82, 2.24) is 4.72 Å². The number of nitrogens with one attached hydrogen (secondary N) is 1. The number of rotatable bonds is 5. The van der Waals surface area contributed by atoms with Crippen LogP contribution in [0.25, 0.3) is 0 Å². The van der Waals surface area contributed by atoms with Crippen LogP contribution in [-0.2, 0) is 10.0 Å². The molecule has 0 amide bonds. The normalized spacial score (nSPS) is 22.3. The molecule has 1 aromatic rings. The molecule has 1 aromatic carbocycles. The number of hydrogen-bond acceptors (Lipinski definition) is 5. The molecule has 2 unspecified atom stereocenters. The van der Waals surface area contributed by atoms with E-state index in [0.717, 1.165) is 31.4 Å². The molecular formula is C13H17NO5S2. The largest absolute Gasteiger partial charge is 0.507 e. The van der Waals surface area contributed by atoms with Gasteiger partial charge in [0.15, 0.2) is 0 Å². The minimum Gasteiger partial charge on any atom is -0.507 e. The van der Waals surface area contributed by atoms with Crippen LogP contribution < -0.4 is 4.72 Å². The first-order chi connectivity index (χ1) is 9.83. The van der Waals surface area contributed by atoms with E-state index in [1.165, 1.54) is 6.07 Å². The van der Waals surface area contributed by atoms with E-state index in [4.69, 9.17) is 5.11 Å². The molecule has 8 heteroatoms. The van der Waals surface area contributed by atoms with Crippen molar-refractivity contribution in [3.05, 3.63) is 23.8 Å². The summed E-state index contributed by atoms with van der Waals surface area (Å²) >= 11 is 1.72. The van der Waals surface area contributed by atoms with Gasteiger partial charge in [0.2, 0.25) is 10.0 Å². The Morgan fingerprint density at radius 1 is 1.38 bits per heavy atom. The Hall–Kier alpha value is -1.25. The Morgan fingerprint density at radius 3 is 2.67 bits per heavy atom. The van der Waals surface area contributed by atoms with Gasteiger partial charge in [-0.15, -0.1) is 0 Å². The lowest BCUT2D eigenvalue weighted by Crippen LogP contribution is -2.33. The van der Waals surface area contributed by atoms with E-state index in [1.54, 1.807) is 11.8 Å². The molecule has 0 aromatic heterocycles. The molecule has 0 bridgehead atoms. The standard InChI is InChI=1S/C13H17NO5S2/c1-20-9-3-2-8(6-9)14-21(18,19)10-4-5-12(15)11(7-10)13(16)17/h4-5,7-9,14-15H,2-3,6H2,1H3,(H,16,17). The first-order valence-corrected chi connectivity index (χ1v) is 9.22. The van der Waals surface area contributed by atoms with Crippen molar-refractivity contribution in [3.8, 4) is 5.75 Å². The van der Waals surface area contributed by atoms with Gasteiger partial charge in [-0.1, -0.05) is 0 Å². The molecule has 116 valence electrons. The van der Waals surface area contributed by atoms with Gasteiger partial charge < -0.3 is 10.2 Å². The van der Waals surface area contributed by atoms with E-state index in [9.17, 15) is 18.3 Å². The summed E-state index contributed by atoms with van der Waals surface area (Å²) in [5.74, 6) is -1.82. The summed E-state index contributed by atoms with van der Waals surface area (Å²) in [6, 6.07) is 3.12. The number of aromatic hydroxyl groups is 1. The van der Waals surface area contributed by atoms with Crippen LogP contribution in [0.5, 0.6) is 5.75 Å². The maximum atomic E-state index is 12.3. The topological polar surface area (TPSA) is 104 Å². The van der Waals surface area contributed by atoms with Crippen molar-refractivity contribution in [1.29, 1.82) is 0 Å². The molecular weight excluding hydrogens is 314 g/mol. The predicted octanol–water partition coefficient (Wildman–Crippen LogP) is 1.65. The second-order valence-electron chi connectivity index (χ2n) is 4.97. The Balaban J connectivity index is 2.20. The zero-order valence-electron chi connectivity index (χ0n) is 11.4. The Labute approximate surface area is 127 Å². The molecule has 1 aliphatic carbocycles. The molecule has 2 atom stereocenters. The summed E-state index contributed by atoms with van der Waals surface area (Å²) < 4.78 is 27.2. The number of sulfonamides is 1. The molecule has 0 saturated heterocycles. The summed E-state index contributed by atoms with van der Waals surface area (Å²) in [6.45, 7) is 0. The Morgan fingerprint density at radius 2 is 2.10 bits per heavy atom. The predicted molar refractivity (Wildman–Crippen MR) is 80.3 cm³/mol. The average Bonchev–Trinajstić information content (AvgIpc) is 2.85. The molecule has 21 heavy (non-hydrogen) atoms. The first kappa shape index (κ1) is 16.1. The number of hydrogen-bond donors (Lipinski definition) is 3. The number of carboxylic acid groups (broad SMARTS) is 1. The fourth-order valence-electron chi connectivity index (χ4n) is 2.40. The SMILES string of the molecule is CSC1CCC(NS(=O)(=O)c2ccc(O)c(C(=O)O)c2)C1. The minimum atomic E-state index is -3.78. The smallest absolute Gasteiger partial charge is 0.339 e. The second-order valence-corrected chi connectivity index (χ2v) is 7.83. The summed E-state index contributed by atoms with van der Waals surface area (Å²) in [4.78, 5) is 10.8. The number of thioether (sulfide) groups is 1. The van der Waals surface area contributed by atoms with Gasteiger partial charge in [0, 0.05) is 11.3 Å². The highest BCUT2D eigenvalue weighted by Gasteiger charge is 2.28. The number of carbonyl (C=O) groups is 1. The van der Waals surface area contributed by atoms with Crippen molar-refractivity contribution in [2.45, 2.75) is 35.4 Å².